The van der Waals surface area contributed by atoms with Crippen LogP contribution in [-0.4, -0.2) is 28.1 Å². The normalized spacial score (nSPS) is 35.2. The molecule has 0 saturated heterocycles. The summed E-state index contributed by atoms with van der Waals surface area (Å²) < 4.78 is 6.40. The Hall–Kier alpha value is -0.0100. The molecule has 0 radical (unpaired) electrons. The summed E-state index contributed by atoms with van der Waals surface area (Å²) >= 11 is 5.18. The van der Waals surface area contributed by atoms with E-state index in [0.29, 0.717) is 0 Å². The maximum atomic E-state index is 9.75. The largest absolute Gasteiger partial charge is 0.356 e. The lowest BCUT2D eigenvalue weighted by molar-refractivity contribution is -0.203. The Morgan fingerprint density at radius 2 is 2.17 bits per heavy atom. The van der Waals surface area contributed by atoms with Gasteiger partial charge in [0.2, 0.25) is 6.41 Å². The first-order valence-corrected chi connectivity index (χ1v) is 7.77. The Balaban J connectivity index is 1.56. The zero-order chi connectivity index (χ0) is 13.0. The van der Waals surface area contributed by atoms with E-state index in [4.69, 9.17) is 4.74 Å². The maximum absolute atomic E-state index is 9.75. The molecule has 3 fully saturated rings. The van der Waals surface area contributed by atoms with Crippen LogP contribution in [0.5, 0.6) is 0 Å². The molecular formula is C12H17BrN2O2S. The lowest BCUT2D eigenvalue weighted by Crippen LogP contribution is -2.77. The fourth-order valence-corrected chi connectivity index (χ4v) is 4.61. The number of hydrogen-bond acceptors (Lipinski definition) is 5. The molecule has 1 atom stereocenters. The SMILES string of the molecule is CC(C)OC(O)NC12CC(c3ncc(Br)s3)(C1)C2. The van der Waals surface area contributed by atoms with Gasteiger partial charge in [-0.2, -0.15) is 0 Å². The van der Waals surface area contributed by atoms with Crippen LogP contribution in [0.1, 0.15) is 38.1 Å². The van der Waals surface area contributed by atoms with Crippen LogP contribution in [0.15, 0.2) is 9.98 Å². The monoisotopic (exact) mass is 332 g/mol. The van der Waals surface area contributed by atoms with Crippen molar-refractivity contribution in [1.29, 1.82) is 0 Å². The standard InChI is InChI=1S/C12H17BrN2O2S/c1-7(2)17-10(16)15-12-4-11(5-12,6-12)9-14-3-8(13)18-9/h3,7,10,15-16H,4-6H2,1-2H3. The minimum Gasteiger partial charge on any atom is -0.356 e. The molecule has 4 rings (SSSR count). The van der Waals surface area contributed by atoms with Gasteiger partial charge in [0.25, 0.3) is 0 Å². The molecule has 6 heteroatoms. The van der Waals surface area contributed by atoms with E-state index in [2.05, 4.69) is 26.2 Å². The van der Waals surface area contributed by atoms with Crippen LogP contribution in [0.2, 0.25) is 0 Å². The van der Waals surface area contributed by atoms with Gasteiger partial charge >= 0.3 is 0 Å². The van der Waals surface area contributed by atoms with E-state index in [-0.39, 0.29) is 17.1 Å². The third-order valence-corrected chi connectivity index (χ3v) is 5.51. The Labute approximate surface area is 119 Å². The van der Waals surface area contributed by atoms with Crippen molar-refractivity contribution in [1.82, 2.24) is 10.3 Å². The van der Waals surface area contributed by atoms with Crippen LogP contribution < -0.4 is 5.32 Å². The quantitative estimate of drug-likeness (QED) is 0.813. The summed E-state index contributed by atoms with van der Waals surface area (Å²) in [5, 5.41) is 14.2. The van der Waals surface area contributed by atoms with Crippen LogP contribution in [0.4, 0.5) is 0 Å². The van der Waals surface area contributed by atoms with E-state index in [1.165, 1.54) is 5.01 Å². The van der Waals surface area contributed by atoms with Crippen molar-refractivity contribution in [3.05, 3.63) is 15.0 Å². The molecule has 1 aromatic rings. The van der Waals surface area contributed by atoms with E-state index in [1.54, 1.807) is 11.3 Å². The highest BCUT2D eigenvalue weighted by molar-refractivity contribution is 9.11. The van der Waals surface area contributed by atoms with E-state index in [1.807, 2.05) is 20.0 Å². The van der Waals surface area contributed by atoms with Gasteiger partial charge in [0.1, 0.15) is 0 Å². The van der Waals surface area contributed by atoms with Crippen molar-refractivity contribution in [2.75, 3.05) is 0 Å². The number of nitrogens with one attached hydrogen (secondary N) is 1. The first-order valence-electron chi connectivity index (χ1n) is 6.16. The first-order chi connectivity index (χ1) is 8.43. The van der Waals surface area contributed by atoms with Crippen LogP contribution in [0.3, 0.4) is 0 Å². The van der Waals surface area contributed by atoms with Gasteiger partial charge in [-0.1, -0.05) is 0 Å². The second kappa shape index (κ2) is 4.24. The lowest BCUT2D eigenvalue weighted by Gasteiger charge is -2.70. The number of ether oxygens (including phenoxy) is 1. The van der Waals surface area contributed by atoms with Gasteiger partial charge in [-0.3, -0.25) is 5.32 Å². The smallest absolute Gasteiger partial charge is 0.214 e. The second-order valence-corrected chi connectivity index (χ2v) is 8.15. The molecular weight excluding hydrogens is 316 g/mol. The van der Waals surface area contributed by atoms with Gasteiger partial charge in [-0.15, -0.1) is 11.3 Å². The summed E-state index contributed by atoms with van der Waals surface area (Å²) in [4.78, 5) is 4.46. The van der Waals surface area contributed by atoms with Gasteiger partial charge < -0.3 is 9.84 Å². The molecule has 1 aromatic heterocycles. The third-order valence-electron chi connectivity index (χ3n) is 3.79. The molecule has 3 aliphatic carbocycles. The van der Waals surface area contributed by atoms with Gasteiger partial charge in [0, 0.05) is 11.0 Å². The van der Waals surface area contributed by atoms with Gasteiger partial charge in [-0.05, 0) is 49.0 Å². The molecule has 1 heterocycles. The Bertz CT molecular complexity index is 443. The molecule has 1 unspecified atom stereocenters. The molecule has 3 saturated carbocycles. The molecule has 18 heavy (non-hydrogen) atoms. The summed E-state index contributed by atoms with van der Waals surface area (Å²) in [5.74, 6) is 0. The summed E-state index contributed by atoms with van der Waals surface area (Å²) in [6, 6.07) is 0. The Morgan fingerprint density at radius 3 is 2.67 bits per heavy atom. The van der Waals surface area contributed by atoms with E-state index >= 15 is 0 Å². The molecule has 0 aromatic carbocycles. The molecule has 0 amide bonds. The second-order valence-electron chi connectivity index (χ2n) is 5.74. The average molecular weight is 333 g/mol. The molecule has 0 spiro atoms. The highest BCUT2D eigenvalue weighted by atomic mass is 79.9. The van der Waals surface area contributed by atoms with Crippen LogP contribution in [0.25, 0.3) is 0 Å². The Morgan fingerprint density at radius 1 is 1.50 bits per heavy atom. The van der Waals surface area contributed by atoms with E-state index in [9.17, 15) is 5.11 Å². The highest BCUT2D eigenvalue weighted by Gasteiger charge is 2.70. The number of halogens is 1. The summed E-state index contributed by atoms with van der Waals surface area (Å²) in [6.45, 7) is 3.84. The summed E-state index contributed by atoms with van der Waals surface area (Å²) in [6.07, 6.45) is 4.21. The predicted molar refractivity (Wildman–Crippen MR) is 73.4 cm³/mol. The first kappa shape index (κ1) is 13.0. The fraction of sp³-hybridized carbons (Fsp3) is 0.750. The lowest BCUT2D eigenvalue weighted by atomic mass is 9.39. The maximum Gasteiger partial charge on any atom is 0.214 e. The van der Waals surface area contributed by atoms with E-state index in [0.717, 1.165) is 23.0 Å². The van der Waals surface area contributed by atoms with Crippen molar-refractivity contribution in [3.8, 4) is 0 Å². The number of aliphatic hydroxyl groups excluding tert-OH is 1. The van der Waals surface area contributed by atoms with Crippen LogP contribution in [-0.2, 0) is 10.2 Å². The number of rotatable bonds is 5. The topological polar surface area (TPSA) is 54.4 Å². The van der Waals surface area contributed by atoms with Crippen molar-refractivity contribution in [2.24, 2.45) is 0 Å². The Kier molecular flexibility index (Phi) is 3.06. The minimum absolute atomic E-state index is 0.0312. The molecule has 100 valence electrons. The third kappa shape index (κ3) is 2.04. The molecule has 3 aliphatic rings. The van der Waals surface area contributed by atoms with E-state index < -0.39 is 6.41 Å². The van der Waals surface area contributed by atoms with Crippen molar-refractivity contribution < 1.29 is 9.84 Å². The minimum atomic E-state index is -0.855. The zero-order valence-corrected chi connectivity index (χ0v) is 12.8. The molecule has 2 bridgehead atoms. The highest BCUT2D eigenvalue weighted by Crippen LogP contribution is 2.68. The summed E-state index contributed by atoms with van der Waals surface area (Å²) in [7, 11) is 0. The number of nitrogens with zero attached hydrogens (tertiary/aromatic N) is 1. The van der Waals surface area contributed by atoms with Crippen LogP contribution >= 0.6 is 27.3 Å². The number of aliphatic hydroxyl groups is 1. The van der Waals surface area contributed by atoms with Gasteiger partial charge in [0.15, 0.2) is 0 Å². The fourth-order valence-electron chi connectivity index (χ4n) is 3.22. The van der Waals surface area contributed by atoms with Crippen LogP contribution in [0, 0.1) is 0 Å². The number of thiazole rings is 1. The van der Waals surface area contributed by atoms with Crippen molar-refractivity contribution in [2.45, 2.75) is 56.6 Å². The van der Waals surface area contributed by atoms with Crippen molar-refractivity contribution in [3.63, 3.8) is 0 Å². The average Bonchev–Trinajstić information content (AvgIpc) is 2.54. The molecule has 2 N–H and O–H groups in total. The molecule has 0 aliphatic heterocycles. The van der Waals surface area contributed by atoms with Gasteiger partial charge in [-0.25, -0.2) is 4.98 Å². The number of aromatic nitrogens is 1. The predicted octanol–water partition coefficient (Wildman–Crippen LogP) is 2.37. The van der Waals surface area contributed by atoms with Gasteiger partial charge in [0.05, 0.1) is 21.1 Å². The van der Waals surface area contributed by atoms with Crippen molar-refractivity contribution >= 4 is 27.3 Å². The zero-order valence-electron chi connectivity index (χ0n) is 10.4. The molecule has 4 nitrogen and oxygen atoms in total. The number of hydrogen-bond donors (Lipinski definition) is 2. The summed E-state index contributed by atoms with van der Waals surface area (Å²) in [5.41, 5.74) is 0.341.